The molecular formula is C19H32N2. The molecule has 1 N–H and O–H groups in total. The third-order valence-corrected chi connectivity index (χ3v) is 5.23. The maximum Gasteiger partial charge on any atom is 0.0368 e. The van der Waals surface area contributed by atoms with E-state index in [1.807, 2.05) is 0 Å². The van der Waals surface area contributed by atoms with Crippen molar-refractivity contribution in [1.82, 2.24) is 5.32 Å². The first-order chi connectivity index (χ1) is 10.0. The molecule has 0 aromatic heterocycles. The fourth-order valence-corrected chi connectivity index (χ4v) is 4.05. The molecular weight excluding hydrogens is 256 g/mol. The number of hydrogen-bond acceptors (Lipinski definition) is 2. The molecule has 2 rings (SSSR count). The summed E-state index contributed by atoms with van der Waals surface area (Å²) in [4.78, 5) is 2.55. The topological polar surface area (TPSA) is 15.3 Å². The molecule has 21 heavy (non-hydrogen) atoms. The highest BCUT2D eigenvalue weighted by Crippen LogP contribution is 2.35. The molecule has 4 unspecified atom stereocenters. The zero-order chi connectivity index (χ0) is 15.4. The second kappa shape index (κ2) is 7.31. The predicted molar refractivity (Wildman–Crippen MR) is 93.0 cm³/mol. The van der Waals surface area contributed by atoms with Crippen molar-refractivity contribution in [3.63, 3.8) is 0 Å². The third kappa shape index (κ3) is 4.00. The second-order valence-electron chi connectivity index (χ2n) is 6.99. The minimum atomic E-state index is 0.655. The Labute approximate surface area is 130 Å². The maximum absolute atomic E-state index is 3.58. The molecule has 0 amide bonds. The quantitative estimate of drug-likeness (QED) is 0.878. The Hall–Kier alpha value is -1.02. The Morgan fingerprint density at radius 1 is 1.24 bits per heavy atom. The largest absolute Gasteiger partial charge is 0.371 e. The second-order valence-corrected chi connectivity index (χ2v) is 6.99. The van der Waals surface area contributed by atoms with Crippen LogP contribution < -0.4 is 10.2 Å². The highest BCUT2D eigenvalue weighted by Gasteiger charge is 2.34. The fraction of sp³-hybridized carbons (Fsp3) is 0.684. The summed E-state index contributed by atoms with van der Waals surface area (Å²) in [5, 5.41) is 3.58. The molecule has 1 aliphatic rings. The number of nitrogens with zero attached hydrogens (tertiary/aromatic N) is 1. The maximum atomic E-state index is 3.58. The van der Waals surface area contributed by atoms with Crippen molar-refractivity contribution in [3.05, 3.63) is 29.8 Å². The molecule has 0 aliphatic heterocycles. The molecule has 0 radical (unpaired) electrons. The lowest BCUT2D eigenvalue weighted by Gasteiger charge is -2.42. The smallest absolute Gasteiger partial charge is 0.0368 e. The van der Waals surface area contributed by atoms with E-state index in [0.29, 0.717) is 6.04 Å². The lowest BCUT2D eigenvalue weighted by molar-refractivity contribution is 0.158. The molecule has 1 aromatic carbocycles. The van der Waals surface area contributed by atoms with Crippen LogP contribution >= 0.6 is 0 Å². The van der Waals surface area contributed by atoms with E-state index in [1.165, 1.54) is 30.6 Å². The standard InChI is InChI=1S/C19H32N2/c1-6-21(17-9-7-8-14(2)11-17)13-18-16(4)10-15(3)12-19(18)20-5/h7-9,11,15-16,18-20H,6,10,12-13H2,1-5H3. The first kappa shape index (κ1) is 16.4. The zero-order valence-corrected chi connectivity index (χ0v) is 14.4. The normalized spacial score (nSPS) is 29.4. The monoisotopic (exact) mass is 288 g/mol. The highest BCUT2D eigenvalue weighted by molar-refractivity contribution is 5.48. The van der Waals surface area contributed by atoms with Crippen molar-refractivity contribution in [1.29, 1.82) is 0 Å². The van der Waals surface area contributed by atoms with Crippen LogP contribution in [0.3, 0.4) is 0 Å². The first-order valence-corrected chi connectivity index (χ1v) is 8.54. The minimum Gasteiger partial charge on any atom is -0.371 e. The van der Waals surface area contributed by atoms with Crippen molar-refractivity contribution in [2.24, 2.45) is 17.8 Å². The van der Waals surface area contributed by atoms with Gasteiger partial charge >= 0.3 is 0 Å². The molecule has 1 aliphatic carbocycles. The van der Waals surface area contributed by atoms with Gasteiger partial charge < -0.3 is 10.2 Å². The third-order valence-electron chi connectivity index (χ3n) is 5.23. The van der Waals surface area contributed by atoms with Crippen molar-refractivity contribution < 1.29 is 0 Å². The van der Waals surface area contributed by atoms with E-state index in [-0.39, 0.29) is 0 Å². The van der Waals surface area contributed by atoms with Gasteiger partial charge in [0.2, 0.25) is 0 Å². The number of hydrogen-bond donors (Lipinski definition) is 1. The summed E-state index contributed by atoms with van der Waals surface area (Å²) in [5.41, 5.74) is 2.72. The van der Waals surface area contributed by atoms with Crippen molar-refractivity contribution in [2.75, 3.05) is 25.0 Å². The average Bonchev–Trinajstić information content (AvgIpc) is 2.45. The Bertz CT molecular complexity index is 443. The van der Waals surface area contributed by atoms with E-state index < -0.39 is 0 Å². The number of rotatable bonds is 5. The summed E-state index contributed by atoms with van der Waals surface area (Å²) in [7, 11) is 2.13. The van der Waals surface area contributed by atoms with Crippen molar-refractivity contribution in [2.45, 2.75) is 46.6 Å². The van der Waals surface area contributed by atoms with Crippen molar-refractivity contribution >= 4 is 5.69 Å². The molecule has 1 aromatic rings. The summed E-state index contributed by atoms with van der Waals surface area (Å²) in [6.45, 7) is 11.5. The summed E-state index contributed by atoms with van der Waals surface area (Å²) in [5.74, 6) is 2.39. The summed E-state index contributed by atoms with van der Waals surface area (Å²) >= 11 is 0. The minimum absolute atomic E-state index is 0.655. The summed E-state index contributed by atoms with van der Waals surface area (Å²) < 4.78 is 0. The molecule has 0 bridgehead atoms. The van der Waals surface area contributed by atoms with E-state index in [4.69, 9.17) is 0 Å². The molecule has 2 nitrogen and oxygen atoms in total. The SMILES string of the molecule is CCN(CC1C(C)CC(C)CC1NC)c1cccc(C)c1. The van der Waals surface area contributed by atoms with Gasteiger partial charge in [0.1, 0.15) is 0 Å². The molecule has 2 heteroatoms. The van der Waals surface area contributed by atoms with Gasteiger partial charge in [-0.25, -0.2) is 0 Å². The van der Waals surface area contributed by atoms with Crippen LogP contribution in [-0.4, -0.2) is 26.2 Å². The van der Waals surface area contributed by atoms with Gasteiger partial charge in [-0.05, 0) is 69.2 Å². The van der Waals surface area contributed by atoms with Crippen LogP contribution in [0, 0.1) is 24.7 Å². The van der Waals surface area contributed by atoms with E-state index in [1.54, 1.807) is 0 Å². The first-order valence-electron chi connectivity index (χ1n) is 8.54. The van der Waals surface area contributed by atoms with E-state index >= 15 is 0 Å². The van der Waals surface area contributed by atoms with E-state index in [2.05, 4.69) is 69.2 Å². The Morgan fingerprint density at radius 2 is 2.00 bits per heavy atom. The van der Waals surface area contributed by atoms with Gasteiger partial charge in [-0.15, -0.1) is 0 Å². The van der Waals surface area contributed by atoms with Crippen LogP contribution in [0.2, 0.25) is 0 Å². The van der Waals surface area contributed by atoms with Gasteiger partial charge in [-0.3, -0.25) is 0 Å². The van der Waals surface area contributed by atoms with Gasteiger partial charge in [0.25, 0.3) is 0 Å². The van der Waals surface area contributed by atoms with Gasteiger partial charge in [0.15, 0.2) is 0 Å². The van der Waals surface area contributed by atoms with Crippen LogP contribution in [0.4, 0.5) is 5.69 Å². The number of aryl methyl sites for hydroxylation is 1. The molecule has 0 saturated heterocycles. The van der Waals surface area contributed by atoms with Crippen LogP contribution in [0.15, 0.2) is 24.3 Å². The zero-order valence-electron chi connectivity index (χ0n) is 14.4. The van der Waals surface area contributed by atoms with Gasteiger partial charge in [-0.1, -0.05) is 26.0 Å². The van der Waals surface area contributed by atoms with Crippen LogP contribution in [0.1, 0.15) is 39.2 Å². The number of anilines is 1. The summed E-state index contributed by atoms with van der Waals surface area (Å²) in [6, 6.07) is 9.57. The molecule has 0 spiro atoms. The average molecular weight is 288 g/mol. The van der Waals surface area contributed by atoms with Gasteiger partial charge in [0, 0.05) is 24.8 Å². The number of nitrogens with one attached hydrogen (secondary N) is 1. The molecule has 1 fully saturated rings. The van der Waals surface area contributed by atoms with Crippen LogP contribution in [0.5, 0.6) is 0 Å². The lowest BCUT2D eigenvalue weighted by atomic mass is 9.72. The van der Waals surface area contributed by atoms with E-state index in [0.717, 1.165) is 24.3 Å². The number of benzene rings is 1. The fourth-order valence-electron chi connectivity index (χ4n) is 4.05. The molecule has 1 saturated carbocycles. The lowest BCUT2D eigenvalue weighted by Crippen LogP contribution is -2.48. The summed E-state index contributed by atoms with van der Waals surface area (Å²) in [6.07, 6.45) is 2.69. The Kier molecular flexibility index (Phi) is 5.69. The molecule has 4 atom stereocenters. The van der Waals surface area contributed by atoms with Crippen LogP contribution in [-0.2, 0) is 0 Å². The molecule has 0 heterocycles. The van der Waals surface area contributed by atoms with Gasteiger partial charge in [0.05, 0.1) is 0 Å². The highest BCUT2D eigenvalue weighted by atomic mass is 15.1. The Morgan fingerprint density at radius 3 is 2.62 bits per heavy atom. The predicted octanol–water partition coefficient (Wildman–Crippen LogP) is 4.09. The van der Waals surface area contributed by atoms with E-state index in [9.17, 15) is 0 Å². The van der Waals surface area contributed by atoms with Crippen LogP contribution in [0.25, 0.3) is 0 Å². The van der Waals surface area contributed by atoms with Crippen molar-refractivity contribution in [3.8, 4) is 0 Å². The van der Waals surface area contributed by atoms with Gasteiger partial charge in [-0.2, -0.15) is 0 Å². The molecule has 118 valence electrons. The Balaban J connectivity index is 2.13.